The molecule has 0 bridgehead atoms. The van der Waals surface area contributed by atoms with Crippen LogP contribution in [-0.4, -0.2) is 21.6 Å². The van der Waals surface area contributed by atoms with Crippen LogP contribution in [0.25, 0.3) is 11.0 Å². The number of aromatic nitrogens is 3. The van der Waals surface area contributed by atoms with Gasteiger partial charge in [-0.3, -0.25) is 0 Å². The van der Waals surface area contributed by atoms with Gasteiger partial charge in [0.1, 0.15) is 5.01 Å². The van der Waals surface area contributed by atoms with Crippen molar-refractivity contribution in [3.05, 3.63) is 34.5 Å². The summed E-state index contributed by atoms with van der Waals surface area (Å²) in [5, 5.41) is 2.87. The Bertz CT molecular complexity index is 769. The van der Waals surface area contributed by atoms with Crippen molar-refractivity contribution >= 4 is 28.3 Å². The average Bonchev–Trinajstić information content (AvgIpc) is 3.08. The average molecular weight is 306 g/mol. The van der Waals surface area contributed by atoms with Crippen molar-refractivity contribution in [2.45, 2.75) is 19.4 Å². The minimum atomic E-state index is -0.447. The van der Waals surface area contributed by atoms with E-state index in [1.165, 1.54) is 13.2 Å². The molecule has 0 saturated heterocycles. The number of nitrogens with zero attached hydrogens (tertiary/aromatic N) is 3. The molecule has 1 aromatic carbocycles. The summed E-state index contributed by atoms with van der Waals surface area (Å²) in [6.07, 6.45) is 2.57. The van der Waals surface area contributed by atoms with Crippen LogP contribution in [0.2, 0.25) is 0 Å². The van der Waals surface area contributed by atoms with E-state index < -0.39 is 5.82 Å². The zero-order valence-electron chi connectivity index (χ0n) is 11.7. The second kappa shape index (κ2) is 5.33. The molecule has 7 heteroatoms. The highest BCUT2D eigenvalue weighted by Gasteiger charge is 2.21. The highest BCUT2D eigenvalue weighted by Crippen LogP contribution is 2.33. The Balaban J connectivity index is 2.23. The van der Waals surface area contributed by atoms with Gasteiger partial charge in [0, 0.05) is 23.7 Å². The summed E-state index contributed by atoms with van der Waals surface area (Å²) < 4.78 is 20.7. The first-order valence-electron chi connectivity index (χ1n) is 6.56. The van der Waals surface area contributed by atoms with E-state index in [4.69, 9.17) is 10.5 Å². The van der Waals surface area contributed by atoms with E-state index in [2.05, 4.69) is 16.9 Å². The van der Waals surface area contributed by atoms with E-state index in [9.17, 15) is 4.39 Å². The Hall–Kier alpha value is -2.15. The van der Waals surface area contributed by atoms with Crippen LogP contribution in [0, 0.1) is 5.82 Å². The van der Waals surface area contributed by atoms with Gasteiger partial charge in [-0.2, -0.15) is 0 Å². The molecule has 2 N–H and O–H groups in total. The predicted molar refractivity (Wildman–Crippen MR) is 81.2 cm³/mol. The molecule has 1 atom stereocenters. The number of imidazole rings is 1. The summed E-state index contributed by atoms with van der Waals surface area (Å²) in [4.78, 5) is 8.61. The number of hydrogen-bond donors (Lipinski definition) is 1. The Morgan fingerprint density at radius 1 is 1.48 bits per heavy atom. The van der Waals surface area contributed by atoms with E-state index in [-0.39, 0.29) is 11.8 Å². The minimum Gasteiger partial charge on any atom is -0.494 e. The smallest absolute Gasteiger partial charge is 0.201 e. The molecule has 3 aromatic rings. The summed E-state index contributed by atoms with van der Waals surface area (Å²) in [5.41, 5.74) is 7.30. The molecule has 0 fully saturated rings. The second-order valence-electron chi connectivity index (χ2n) is 4.61. The Morgan fingerprint density at radius 3 is 2.90 bits per heavy atom. The third-order valence-corrected chi connectivity index (χ3v) is 4.30. The van der Waals surface area contributed by atoms with Gasteiger partial charge in [-0.1, -0.05) is 6.92 Å². The van der Waals surface area contributed by atoms with E-state index in [1.54, 1.807) is 23.6 Å². The van der Waals surface area contributed by atoms with Crippen LogP contribution in [0.5, 0.6) is 5.75 Å². The Morgan fingerprint density at radius 2 is 2.29 bits per heavy atom. The fourth-order valence-corrected chi connectivity index (χ4v) is 3.28. The zero-order valence-corrected chi connectivity index (χ0v) is 12.5. The molecule has 0 radical (unpaired) electrons. The topological polar surface area (TPSA) is 66.0 Å². The third kappa shape index (κ3) is 2.23. The van der Waals surface area contributed by atoms with Crippen molar-refractivity contribution in [1.29, 1.82) is 0 Å². The molecule has 1 unspecified atom stereocenters. The number of nitrogen functional groups attached to an aromatic ring is 1. The lowest BCUT2D eigenvalue weighted by Crippen LogP contribution is -2.12. The zero-order chi connectivity index (χ0) is 15.0. The van der Waals surface area contributed by atoms with Gasteiger partial charge in [-0.25, -0.2) is 14.4 Å². The van der Waals surface area contributed by atoms with Crippen molar-refractivity contribution in [1.82, 2.24) is 14.5 Å². The number of ether oxygens (including phenoxy) is 1. The summed E-state index contributed by atoms with van der Waals surface area (Å²) in [6.45, 7) is 2.05. The summed E-state index contributed by atoms with van der Waals surface area (Å²) in [6, 6.07) is 2.95. The number of benzene rings is 1. The second-order valence-corrected chi connectivity index (χ2v) is 5.54. The van der Waals surface area contributed by atoms with Crippen LogP contribution in [0.4, 0.5) is 10.3 Å². The molecule has 0 aliphatic rings. The van der Waals surface area contributed by atoms with E-state index in [0.717, 1.165) is 16.9 Å². The number of nitrogens with two attached hydrogens (primary N) is 1. The minimum absolute atomic E-state index is 0.0230. The van der Waals surface area contributed by atoms with Crippen LogP contribution in [0.1, 0.15) is 24.4 Å². The highest BCUT2D eigenvalue weighted by molar-refractivity contribution is 7.09. The number of thiazole rings is 1. The van der Waals surface area contributed by atoms with E-state index in [0.29, 0.717) is 11.5 Å². The maximum atomic E-state index is 13.8. The first kappa shape index (κ1) is 13.8. The molecule has 0 amide bonds. The lowest BCUT2D eigenvalue weighted by Gasteiger charge is -2.17. The van der Waals surface area contributed by atoms with Crippen LogP contribution in [0.3, 0.4) is 0 Å². The largest absolute Gasteiger partial charge is 0.494 e. The van der Waals surface area contributed by atoms with Gasteiger partial charge in [-0.05, 0) is 6.42 Å². The van der Waals surface area contributed by atoms with Crippen LogP contribution in [-0.2, 0) is 0 Å². The standard InChI is InChI=1S/C14H15FN4OS/c1-3-10(13-17-4-5-21-13)19-11-7-12(20-2)8(15)6-9(11)18-14(19)16/h4-7,10H,3H2,1-2H3,(H2,16,18). The van der Waals surface area contributed by atoms with Gasteiger partial charge in [-0.15, -0.1) is 11.3 Å². The summed E-state index contributed by atoms with van der Waals surface area (Å²) in [7, 11) is 1.44. The number of anilines is 1. The molecule has 110 valence electrons. The number of halogens is 1. The van der Waals surface area contributed by atoms with Crippen LogP contribution in [0.15, 0.2) is 23.7 Å². The molecule has 0 aliphatic heterocycles. The summed E-state index contributed by atoms with van der Waals surface area (Å²) in [5.74, 6) is 0.0780. The van der Waals surface area contributed by atoms with E-state index in [1.807, 2.05) is 9.95 Å². The lowest BCUT2D eigenvalue weighted by atomic mass is 10.2. The molecule has 2 aromatic heterocycles. The third-order valence-electron chi connectivity index (χ3n) is 3.43. The van der Waals surface area contributed by atoms with Gasteiger partial charge in [0.15, 0.2) is 11.6 Å². The molecule has 2 heterocycles. The van der Waals surface area contributed by atoms with Crippen molar-refractivity contribution in [2.24, 2.45) is 0 Å². The van der Waals surface area contributed by atoms with Gasteiger partial charge in [0.25, 0.3) is 0 Å². The number of fused-ring (bicyclic) bond motifs is 1. The molecule has 5 nitrogen and oxygen atoms in total. The molecule has 0 saturated carbocycles. The van der Waals surface area contributed by atoms with Crippen molar-refractivity contribution in [3.63, 3.8) is 0 Å². The van der Waals surface area contributed by atoms with E-state index >= 15 is 0 Å². The van der Waals surface area contributed by atoms with Crippen LogP contribution >= 0.6 is 11.3 Å². The molecular weight excluding hydrogens is 291 g/mol. The Labute approximate surface area is 125 Å². The molecular formula is C14H15FN4OS. The first-order chi connectivity index (χ1) is 10.2. The number of methoxy groups -OCH3 is 1. The normalized spacial score (nSPS) is 12.7. The van der Waals surface area contributed by atoms with Crippen molar-refractivity contribution in [3.8, 4) is 5.75 Å². The SMILES string of the molecule is CCC(c1nccs1)n1c(N)nc2cc(F)c(OC)cc21. The van der Waals surface area contributed by atoms with Crippen molar-refractivity contribution in [2.75, 3.05) is 12.8 Å². The monoisotopic (exact) mass is 306 g/mol. The first-order valence-corrected chi connectivity index (χ1v) is 7.44. The highest BCUT2D eigenvalue weighted by atomic mass is 32.1. The molecule has 0 aliphatic carbocycles. The Kier molecular flexibility index (Phi) is 3.50. The number of hydrogen-bond acceptors (Lipinski definition) is 5. The maximum Gasteiger partial charge on any atom is 0.201 e. The quantitative estimate of drug-likeness (QED) is 0.803. The predicted octanol–water partition coefficient (Wildman–Crippen LogP) is 3.22. The van der Waals surface area contributed by atoms with Crippen LogP contribution < -0.4 is 10.5 Å². The van der Waals surface area contributed by atoms with Gasteiger partial charge in [0.2, 0.25) is 5.95 Å². The molecule has 0 spiro atoms. The summed E-state index contributed by atoms with van der Waals surface area (Å²) >= 11 is 1.56. The molecule has 21 heavy (non-hydrogen) atoms. The van der Waals surface area contributed by atoms with Gasteiger partial charge in [0.05, 0.1) is 24.2 Å². The lowest BCUT2D eigenvalue weighted by molar-refractivity contribution is 0.387. The maximum absolute atomic E-state index is 13.8. The fraction of sp³-hybridized carbons (Fsp3) is 0.286. The fourth-order valence-electron chi connectivity index (χ4n) is 2.47. The number of rotatable bonds is 4. The van der Waals surface area contributed by atoms with Gasteiger partial charge >= 0.3 is 0 Å². The van der Waals surface area contributed by atoms with Gasteiger partial charge < -0.3 is 15.0 Å². The van der Waals surface area contributed by atoms with Crippen molar-refractivity contribution < 1.29 is 9.13 Å². The molecule has 3 rings (SSSR count).